The van der Waals surface area contributed by atoms with Gasteiger partial charge in [-0.05, 0) is 75.0 Å². The smallest absolute Gasteiger partial charge is 0.251 e. The fourth-order valence-corrected chi connectivity index (χ4v) is 5.22. The van der Waals surface area contributed by atoms with Crippen molar-refractivity contribution < 1.29 is 13.6 Å². The third-order valence-electron chi connectivity index (χ3n) is 6.22. The van der Waals surface area contributed by atoms with Gasteiger partial charge in [0.2, 0.25) is 0 Å². The molecule has 0 aliphatic heterocycles. The van der Waals surface area contributed by atoms with E-state index in [0.717, 1.165) is 45.2 Å². The van der Waals surface area contributed by atoms with Crippen LogP contribution >= 0.6 is 0 Å². The summed E-state index contributed by atoms with van der Waals surface area (Å²) in [7, 11) is -0.0404. The highest BCUT2D eigenvalue weighted by Gasteiger charge is 2.23. The Kier molecular flexibility index (Phi) is 6.10. The van der Waals surface area contributed by atoms with Crippen molar-refractivity contribution in [3.05, 3.63) is 59.8 Å². The zero-order valence-corrected chi connectivity index (χ0v) is 21.1. The average Bonchev–Trinajstić information content (AvgIpc) is 3.15. The SMILES string of the molecule is CCS(C)(=O)(O)c1cccc(-c2cc(C(=O)NCCN(C)C)cc3[nH]c4ncc(C)cc4c23)c1. The van der Waals surface area contributed by atoms with Gasteiger partial charge in [-0.25, -0.2) is 9.19 Å². The van der Waals surface area contributed by atoms with Crippen LogP contribution in [-0.2, 0) is 9.35 Å². The Hall–Kier alpha value is -3.07. The van der Waals surface area contributed by atoms with Crippen molar-refractivity contribution in [1.29, 1.82) is 0 Å². The number of fused-ring (bicyclic) bond motifs is 3. The molecular formula is C26H32N4O3S. The maximum absolute atomic E-state index is 13.2. The third-order valence-corrected chi connectivity index (χ3v) is 9.04. The van der Waals surface area contributed by atoms with Crippen molar-refractivity contribution in [2.24, 2.45) is 0 Å². The largest absolute Gasteiger partial charge is 0.351 e. The summed E-state index contributed by atoms with van der Waals surface area (Å²) >= 11 is 0. The molecule has 0 atom stereocenters. The van der Waals surface area contributed by atoms with Crippen LogP contribution in [0.3, 0.4) is 0 Å². The summed E-state index contributed by atoms with van der Waals surface area (Å²) in [5.41, 5.74) is 4.66. The molecule has 0 bridgehead atoms. The number of pyridine rings is 1. The normalized spacial score (nSPS) is 13.3. The van der Waals surface area contributed by atoms with Crippen molar-refractivity contribution >= 4 is 37.2 Å². The van der Waals surface area contributed by atoms with Gasteiger partial charge in [-0.15, -0.1) is 0 Å². The van der Waals surface area contributed by atoms with E-state index in [1.54, 1.807) is 31.3 Å². The number of hydrogen-bond donors (Lipinski definition) is 3. The first-order chi connectivity index (χ1) is 16.0. The Morgan fingerprint density at radius 1 is 1.21 bits per heavy atom. The lowest BCUT2D eigenvalue weighted by atomic mass is 9.97. The molecule has 0 aliphatic carbocycles. The quantitative estimate of drug-likeness (QED) is 0.367. The molecule has 7 nitrogen and oxygen atoms in total. The van der Waals surface area contributed by atoms with Crippen LogP contribution in [0.15, 0.2) is 53.6 Å². The van der Waals surface area contributed by atoms with Crippen LogP contribution in [0.4, 0.5) is 0 Å². The van der Waals surface area contributed by atoms with Crippen molar-refractivity contribution in [3.63, 3.8) is 0 Å². The molecule has 180 valence electrons. The molecule has 2 aromatic carbocycles. The number of carbonyl (C=O) groups is 1. The van der Waals surface area contributed by atoms with Gasteiger partial charge in [0.1, 0.15) is 5.65 Å². The molecule has 4 aromatic rings. The predicted molar refractivity (Wildman–Crippen MR) is 140 cm³/mol. The third kappa shape index (κ3) is 4.61. The second-order valence-electron chi connectivity index (χ2n) is 9.34. The van der Waals surface area contributed by atoms with Gasteiger partial charge in [0.15, 0.2) is 0 Å². The van der Waals surface area contributed by atoms with Crippen LogP contribution in [0.25, 0.3) is 33.1 Å². The van der Waals surface area contributed by atoms with E-state index in [9.17, 15) is 13.6 Å². The molecule has 0 radical (unpaired) electrons. The van der Waals surface area contributed by atoms with Gasteiger partial charge in [0.25, 0.3) is 5.91 Å². The standard InChI is InChI=1S/C26H32N4O3S/c1-6-34(5,32,33)20-9-7-8-18(13-20)21-14-19(26(31)27-10-11-30(3)4)15-23-24(21)22-12-17(2)16-28-25(22)29-23/h7-9,12-16H,6,10-11H2,1-5H3,(H,27,31)(H,28,29)(H,32,33). The Morgan fingerprint density at radius 3 is 2.68 bits per heavy atom. The van der Waals surface area contributed by atoms with E-state index in [1.807, 2.05) is 44.1 Å². The van der Waals surface area contributed by atoms with E-state index in [4.69, 9.17) is 0 Å². The summed E-state index contributed by atoms with van der Waals surface area (Å²) in [5.74, 6) is -0.0438. The number of rotatable bonds is 7. The number of aromatic amines is 1. The number of likely N-dealkylation sites (N-methyl/N-ethyl adjacent to an activating group) is 1. The molecular weight excluding hydrogens is 448 g/mol. The van der Waals surface area contributed by atoms with Gasteiger partial charge in [-0.2, -0.15) is 9.35 Å². The van der Waals surface area contributed by atoms with Crippen LogP contribution in [0.2, 0.25) is 0 Å². The van der Waals surface area contributed by atoms with Gasteiger partial charge in [-0.1, -0.05) is 12.1 Å². The molecule has 0 saturated heterocycles. The Bertz CT molecular complexity index is 1470. The van der Waals surface area contributed by atoms with Gasteiger partial charge >= 0.3 is 0 Å². The van der Waals surface area contributed by atoms with E-state index >= 15 is 0 Å². The maximum Gasteiger partial charge on any atom is 0.251 e. The fraction of sp³-hybridized carbons (Fsp3) is 0.308. The molecule has 0 spiro atoms. The summed E-state index contributed by atoms with van der Waals surface area (Å²) in [6.45, 7) is 4.97. The number of aromatic nitrogens is 2. The first-order valence-corrected chi connectivity index (χ1v) is 13.8. The van der Waals surface area contributed by atoms with Crippen LogP contribution in [-0.4, -0.2) is 68.7 Å². The molecule has 0 saturated carbocycles. The molecule has 0 aliphatic rings. The molecule has 0 unspecified atom stereocenters. The molecule has 1 amide bonds. The minimum absolute atomic E-state index is 0.126. The lowest BCUT2D eigenvalue weighted by Crippen LogP contribution is -2.33. The molecule has 34 heavy (non-hydrogen) atoms. The molecule has 4 rings (SSSR count). The maximum atomic E-state index is 13.2. The highest BCUT2D eigenvalue weighted by molar-refractivity contribution is 8.14. The second-order valence-corrected chi connectivity index (χ2v) is 13.4. The van der Waals surface area contributed by atoms with Crippen molar-refractivity contribution in [1.82, 2.24) is 20.2 Å². The van der Waals surface area contributed by atoms with Crippen LogP contribution < -0.4 is 5.32 Å². The van der Waals surface area contributed by atoms with Crippen LogP contribution in [0.5, 0.6) is 0 Å². The first-order valence-electron chi connectivity index (χ1n) is 11.3. The fourth-order valence-electron chi connectivity index (χ4n) is 4.03. The number of amides is 1. The molecule has 2 heterocycles. The van der Waals surface area contributed by atoms with Gasteiger partial charge in [-0.3, -0.25) is 9.35 Å². The number of carbonyl (C=O) groups excluding carboxylic acids is 1. The lowest BCUT2D eigenvalue weighted by molar-refractivity contribution is 0.0951. The van der Waals surface area contributed by atoms with Crippen LogP contribution in [0.1, 0.15) is 22.8 Å². The van der Waals surface area contributed by atoms with Gasteiger partial charge in [0, 0.05) is 53.1 Å². The van der Waals surface area contributed by atoms with E-state index < -0.39 is 9.35 Å². The molecule has 3 N–H and O–H groups in total. The van der Waals surface area contributed by atoms with Crippen molar-refractivity contribution in [2.75, 3.05) is 39.2 Å². The molecule has 0 fully saturated rings. The summed E-state index contributed by atoms with van der Waals surface area (Å²) in [6, 6.07) is 12.9. The summed E-state index contributed by atoms with van der Waals surface area (Å²) in [4.78, 5) is 23.3. The van der Waals surface area contributed by atoms with E-state index in [1.165, 1.54) is 6.26 Å². The van der Waals surface area contributed by atoms with Crippen molar-refractivity contribution in [2.45, 2.75) is 18.7 Å². The lowest BCUT2D eigenvalue weighted by Gasteiger charge is -2.38. The molecule has 8 heteroatoms. The molecule has 2 aromatic heterocycles. The number of H-pyrrole nitrogens is 1. The zero-order valence-electron chi connectivity index (χ0n) is 20.3. The summed E-state index contributed by atoms with van der Waals surface area (Å²) in [6.07, 6.45) is 3.20. The summed E-state index contributed by atoms with van der Waals surface area (Å²) in [5, 5.41) is 4.85. The second kappa shape index (κ2) is 8.61. The van der Waals surface area contributed by atoms with Crippen molar-refractivity contribution in [3.8, 4) is 11.1 Å². The Morgan fingerprint density at radius 2 is 1.97 bits per heavy atom. The Labute approximate surface area is 199 Å². The van der Waals surface area contributed by atoms with E-state index in [2.05, 4.69) is 21.4 Å². The minimum Gasteiger partial charge on any atom is -0.351 e. The van der Waals surface area contributed by atoms with Gasteiger partial charge in [0.05, 0.1) is 4.90 Å². The number of nitrogens with zero attached hydrogens (tertiary/aromatic N) is 2. The monoisotopic (exact) mass is 480 g/mol. The predicted octanol–water partition coefficient (Wildman–Crippen LogP) is 4.28. The highest BCUT2D eigenvalue weighted by Crippen LogP contribution is 2.38. The topological polar surface area (TPSA) is 98.3 Å². The minimum atomic E-state index is -3.96. The number of benzene rings is 2. The van der Waals surface area contributed by atoms with E-state index in [-0.39, 0.29) is 11.7 Å². The zero-order chi connectivity index (χ0) is 24.7. The highest BCUT2D eigenvalue weighted by atomic mass is 32.3. The summed E-state index contributed by atoms with van der Waals surface area (Å²) < 4.78 is 24.1. The number of aryl methyl sites for hydroxylation is 1. The Balaban J connectivity index is 1.94. The number of nitrogens with one attached hydrogen (secondary N) is 2. The average molecular weight is 481 g/mol. The van der Waals surface area contributed by atoms with Crippen LogP contribution in [0, 0.1) is 6.92 Å². The van der Waals surface area contributed by atoms with E-state index in [0.29, 0.717) is 17.0 Å². The van der Waals surface area contributed by atoms with Gasteiger partial charge < -0.3 is 15.2 Å². The first kappa shape index (κ1) is 24.1. The number of hydrogen-bond acceptors (Lipinski definition) is 4.